The van der Waals surface area contributed by atoms with Gasteiger partial charge in [-0.25, -0.2) is 4.98 Å². The molecule has 1 aliphatic rings. The zero-order valence-corrected chi connectivity index (χ0v) is 17.5. The summed E-state index contributed by atoms with van der Waals surface area (Å²) in [5.41, 5.74) is 1.19. The van der Waals surface area contributed by atoms with Gasteiger partial charge in [-0.15, -0.1) is 23.7 Å². The van der Waals surface area contributed by atoms with E-state index < -0.39 is 0 Å². The van der Waals surface area contributed by atoms with E-state index in [1.54, 1.807) is 23.1 Å². The van der Waals surface area contributed by atoms with Crippen LogP contribution >= 0.6 is 35.5 Å². The van der Waals surface area contributed by atoms with E-state index in [2.05, 4.69) is 20.6 Å². The Balaban J connectivity index is 0.00000243. The number of fused-ring (bicyclic) bond motifs is 3. The third kappa shape index (κ3) is 5.00. The third-order valence-electron chi connectivity index (χ3n) is 4.43. The van der Waals surface area contributed by atoms with E-state index in [9.17, 15) is 9.59 Å². The van der Waals surface area contributed by atoms with Crippen molar-refractivity contribution in [2.75, 3.05) is 19.3 Å². The first kappa shape index (κ1) is 21.2. The number of hydrogen-bond donors (Lipinski definition) is 3. The van der Waals surface area contributed by atoms with Crippen LogP contribution in [0.5, 0.6) is 0 Å². The first-order valence-electron chi connectivity index (χ1n) is 8.63. The zero-order valence-electron chi connectivity index (χ0n) is 15.0. The molecule has 0 aromatic carbocycles. The van der Waals surface area contributed by atoms with Crippen LogP contribution in [0.2, 0.25) is 0 Å². The van der Waals surface area contributed by atoms with Crippen LogP contribution in [0, 0.1) is 0 Å². The van der Waals surface area contributed by atoms with Gasteiger partial charge < -0.3 is 15.6 Å². The summed E-state index contributed by atoms with van der Waals surface area (Å²) in [6.45, 7) is 2.65. The Kier molecular flexibility index (Phi) is 7.94. The van der Waals surface area contributed by atoms with Crippen molar-refractivity contribution in [2.24, 2.45) is 0 Å². The predicted molar refractivity (Wildman–Crippen MR) is 112 cm³/mol. The monoisotopic (exact) mass is 416 g/mol. The molecule has 1 aliphatic carbocycles. The standard InChI is InChI=1S/C17H24N4O2S2.ClH/c1-10(18-2)8-19-14(22)6-7-24-9-13-20-16(23)15-11-4-3-5-12(11)25-17(15)21-13;/h10,18H,3-9H2,1-2H3,(H,19,22)(H,20,21,23);1H. The van der Waals surface area contributed by atoms with E-state index >= 15 is 0 Å². The Bertz CT molecular complexity index is 821. The van der Waals surface area contributed by atoms with Gasteiger partial charge in [0.2, 0.25) is 5.91 Å². The lowest BCUT2D eigenvalue weighted by molar-refractivity contribution is -0.120. The molecule has 1 atom stereocenters. The number of thiophene rings is 1. The molecule has 3 rings (SSSR count). The van der Waals surface area contributed by atoms with Crippen LogP contribution in [0.4, 0.5) is 0 Å². The number of rotatable bonds is 8. The summed E-state index contributed by atoms with van der Waals surface area (Å²) < 4.78 is 0. The Morgan fingerprint density at radius 2 is 2.23 bits per heavy atom. The summed E-state index contributed by atoms with van der Waals surface area (Å²) in [5.74, 6) is 2.09. The lowest BCUT2D eigenvalue weighted by Crippen LogP contribution is -2.37. The molecule has 2 heterocycles. The molecular weight excluding hydrogens is 392 g/mol. The second-order valence-corrected chi connectivity index (χ2v) is 8.54. The van der Waals surface area contributed by atoms with E-state index in [4.69, 9.17) is 0 Å². The number of nitrogens with zero attached hydrogens (tertiary/aromatic N) is 1. The molecule has 2 aromatic heterocycles. The van der Waals surface area contributed by atoms with E-state index in [-0.39, 0.29) is 29.9 Å². The molecule has 0 saturated carbocycles. The number of halogens is 1. The molecule has 0 spiro atoms. The van der Waals surface area contributed by atoms with Gasteiger partial charge in [-0.05, 0) is 38.8 Å². The number of thioether (sulfide) groups is 1. The van der Waals surface area contributed by atoms with Crippen molar-refractivity contribution in [3.05, 3.63) is 26.6 Å². The minimum Gasteiger partial charge on any atom is -0.355 e. The van der Waals surface area contributed by atoms with Crippen molar-refractivity contribution in [1.29, 1.82) is 0 Å². The van der Waals surface area contributed by atoms with Gasteiger partial charge in [-0.1, -0.05) is 0 Å². The second kappa shape index (κ2) is 9.73. The fourth-order valence-corrected chi connectivity index (χ4v) is 4.99. The number of carbonyl (C=O) groups is 1. The van der Waals surface area contributed by atoms with Gasteiger partial charge in [0, 0.05) is 29.6 Å². The number of carbonyl (C=O) groups excluding carboxylic acids is 1. The van der Waals surface area contributed by atoms with Crippen LogP contribution in [-0.2, 0) is 23.4 Å². The molecule has 1 unspecified atom stereocenters. The van der Waals surface area contributed by atoms with Gasteiger partial charge >= 0.3 is 0 Å². The highest BCUT2D eigenvalue weighted by molar-refractivity contribution is 7.98. The van der Waals surface area contributed by atoms with Crippen molar-refractivity contribution in [1.82, 2.24) is 20.6 Å². The number of amides is 1. The van der Waals surface area contributed by atoms with Gasteiger partial charge in [0.15, 0.2) is 0 Å². The molecule has 26 heavy (non-hydrogen) atoms. The molecule has 0 fully saturated rings. The van der Waals surface area contributed by atoms with Gasteiger partial charge in [0.25, 0.3) is 5.56 Å². The number of H-pyrrole nitrogens is 1. The molecule has 3 N–H and O–H groups in total. The van der Waals surface area contributed by atoms with E-state index in [0.29, 0.717) is 30.3 Å². The van der Waals surface area contributed by atoms with Crippen molar-refractivity contribution in [3.63, 3.8) is 0 Å². The molecular formula is C17H25ClN4O2S2. The van der Waals surface area contributed by atoms with E-state index in [1.165, 1.54) is 10.4 Å². The van der Waals surface area contributed by atoms with Crippen LogP contribution in [0.15, 0.2) is 4.79 Å². The largest absolute Gasteiger partial charge is 0.355 e. The van der Waals surface area contributed by atoms with Crippen molar-refractivity contribution >= 4 is 51.6 Å². The van der Waals surface area contributed by atoms with E-state index in [1.807, 2.05) is 14.0 Å². The van der Waals surface area contributed by atoms with Crippen LogP contribution in [0.25, 0.3) is 10.2 Å². The minimum atomic E-state index is -0.0150. The quantitative estimate of drug-likeness (QED) is 0.574. The topological polar surface area (TPSA) is 86.9 Å². The summed E-state index contributed by atoms with van der Waals surface area (Å²) in [6, 6.07) is 0.269. The predicted octanol–water partition coefficient (Wildman–Crippen LogP) is 2.24. The van der Waals surface area contributed by atoms with E-state index in [0.717, 1.165) is 29.5 Å². The van der Waals surface area contributed by atoms with Crippen molar-refractivity contribution in [2.45, 2.75) is 44.4 Å². The maximum absolute atomic E-state index is 12.4. The minimum absolute atomic E-state index is 0. The molecule has 144 valence electrons. The number of aromatic amines is 1. The Morgan fingerprint density at radius 1 is 1.42 bits per heavy atom. The van der Waals surface area contributed by atoms with Crippen LogP contribution in [0.3, 0.4) is 0 Å². The van der Waals surface area contributed by atoms with Gasteiger partial charge in [0.05, 0.1) is 11.1 Å². The average Bonchev–Trinajstić information content (AvgIpc) is 3.17. The smallest absolute Gasteiger partial charge is 0.259 e. The average molecular weight is 417 g/mol. The number of aromatic nitrogens is 2. The van der Waals surface area contributed by atoms with Gasteiger partial charge in [-0.3, -0.25) is 9.59 Å². The fraction of sp³-hybridized carbons (Fsp3) is 0.588. The maximum Gasteiger partial charge on any atom is 0.259 e. The highest BCUT2D eigenvalue weighted by Crippen LogP contribution is 2.34. The Hall–Kier alpha value is -1.09. The molecule has 0 radical (unpaired) electrons. The van der Waals surface area contributed by atoms with Crippen molar-refractivity contribution in [3.8, 4) is 0 Å². The summed E-state index contributed by atoms with van der Waals surface area (Å²) in [5, 5.41) is 6.78. The fourth-order valence-electron chi connectivity index (χ4n) is 2.91. The molecule has 6 nitrogen and oxygen atoms in total. The van der Waals surface area contributed by atoms with Crippen LogP contribution < -0.4 is 16.2 Å². The lowest BCUT2D eigenvalue weighted by Gasteiger charge is -2.11. The number of aryl methyl sites for hydroxylation is 2. The molecule has 0 aliphatic heterocycles. The summed E-state index contributed by atoms with van der Waals surface area (Å²) >= 11 is 3.28. The van der Waals surface area contributed by atoms with Crippen LogP contribution in [-0.4, -0.2) is 41.3 Å². The Morgan fingerprint density at radius 3 is 3.00 bits per heavy atom. The Labute approximate surface area is 167 Å². The molecule has 0 bridgehead atoms. The molecule has 0 saturated heterocycles. The summed E-state index contributed by atoms with van der Waals surface area (Å²) in [6.07, 6.45) is 3.68. The SMILES string of the molecule is CNC(C)CNC(=O)CCSCc1nc2sc3c(c2c(=O)[nH]1)CCC3.Cl. The van der Waals surface area contributed by atoms with Crippen LogP contribution in [0.1, 0.15) is 36.0 Å². The maximum atomic E-state index is 12.4. The number of likely N-dealkylation sites (N-methyl/N-ethyl adjacent to an activating group) is 1. The highest BCUT2D eigenvalue weighted by atomic mass is 35.5. The van der Waals surface area contributed by atoms with Crippen molar-refractivity contribution < 1.29 is 4.79 Å². The molecule has 1 amide bonds. The number of hydrogen-bond acceptors (Lipinski definition) is 6. The third-order valence-corrected chi connectivity index (χ3v) is 6.59. The number of nitrogens with one attached hydrogen (secondary N) is 3. The molecule has 9 heteroatoms. The first-order chi connectivity index (χ1) is 12.1. The highest BCUT2D eigenvalue weighted by Gasteiger charge is 2.21. The zero-order chi connectivity index (χ0) is 17.8. The summed E-state index contributed by atoms with van der Waals surface area (Å²) in [7, 11) is 1.87. The normalized spacial score (nSPS) is 14.1. The van der Waals surface area contributed by atoms with Gasteiger partial charge in [0.1, 0.15) is 10.7 Å². The van der Waals surface area contributed by atoms with Gasteiger partial charge in [-0.2, -0.15) is 11.8 Å². The molecule has 2 aromatic rings. The first-order valence-corrected chi connectivity index (χ1v) is 10.6. The second-order valence-electron chi connectivity index (χ2n) is 6.35. The summed E-state index contributed by atoms with van der Waals surface area (Å²) in [4.78, 5) is 33.9. The lowest BCUT2D eigenvalue weighted by atomic mass is 10.2.